The summed E-state index contributed by atoms with van der Waals surface area (Å²) in [4.78, 5) is 11.9. The second-order valence-electron chi connectivity index (χ2n) is 4.64. The van der Waals surface area contributed by atoms with Crippen molar-refractivity contribution in [1.29, 1.82) is 0 Å². The number of rotatable bonds is 5. The van der Waals surface area contributed by atoms with Gasteiger partial charge < -0.3 is 9.47 Å². The Hall–Kier alpha value is -2.83. The summed E-state index contributed by atoms with van der Waals surface area (Å²) in [5.41, 5.74) is 5.03. The first kappa shape index (κ1) is 15.6. The molecule has 0 spiro atoms. The fourth-order valence-electron chi connectivity index (χ4n) is 1.85. The van der Waals surface area contributed by atoms with Gasteiger partial charge in [0.1, 0.15) is 0 Å². The molecule has 0 unspecified atom stereocenters. The van der Waals surface area contributed by atoms with Crippen LogP contribution in [0.25, 0.3) is 0 Å². The predicted molar refractivity (Wildman–Crippen MR) is 82.5 cm³/mol. The molecule has 1 heterocycles. The SMILES string of the molecule is COc1ccc(/C(C)=N/NC(=O)c2cc(C)[nH]n2)cc1OC. The maximum Gasteiger partial charge on any atom is 0.291 e. The first-order chi connectivity index (χ1) is 10.5. The molecule has 0 saturated heterocycles. The molecule has 1 amide bonds. The van der Waals surface area contributed by atoms with Gasteiger partial charge in [0.2, 0.25) is 0 Å². The highest BCUT2D eigenvalue weighted by Crippen LogP contribution is 2.27. The van der Waals surface area contributed by atoms with Crippen molar-refractivity contribution in [3.8, 4) is 11.5 Å². The minimum atomic E-state index is -0.371. The van der Waals surface area contributed by atoms with Crippen LogP contribution in [0, 0.1) is 6.92 Å². The molecular weight excluding hydrogens is 284 g/mol. The van der Waals surface area contributed by atoms with Crippen molar-refractivity contribution in [1.82, 2.24) is 15.6 Å². The number of hydrazone groups is 1. The number of aryl methyl sites for hydroxylation is 1. The number of ether oxygens (including phenoxy) is 2. The number of hydrogen-bond donors (Lipinski definition) is 2. The lowest BCUT2D eigenvalue weighted by Crippen LogP contribution is -2.19. The standard InChI is InChI=1S/C15H18N4O3/c1-9-7-12(18-16-9)15(20)19-17-10(2)11-5-6-13(21-3)14(8-11)22-4/h5-8H,1-4H3,(H,16,18)(H,19,20)/b17-10+. The lowest BCUT2D eigenvalue weighted by Gasteiger charge is -2.09. The number of carbonyl (C=O) groups excluding carboxylic acids is 1. The number of carbonyl (C=O) groups is 1. The van der Waals surface area contributed by atoms with Crippen LogP contribution < -0.4 is 14.9 Å². The van der Waals surface area contributed by atoms with Crippen LogP contribution in [0.2, 0.25) is 0 Å². The lowest BCUT2D eigenvalue weighted by atomic mass is 10.1. The van der Waals surface area contributed by atoms with Crippen molar-refractivity contribution < 1.29 is 14.3 Å². The second-order valence-corrected chi connectivity index (χ2v) is 4.64. The van der Waals surface area contributed by atoms with Gasteiger partial charge in [0.05, 0.1) is 19.9 Å². The number of nitrogens with one attached hydrogen (secondary N) is 2. The number of hydrogen-bond acceptors (Lipinski definition) is 5. The molecule has 0 saturated carbocycles. The molecule has 1 aromatic carbocycles. The summed E-state index contributed by atoms with van der Waals surface area (Å²) in [5.74, 6) is 0.864. The van der Waals surface area contributed by atoms with E-state index in [-0.39, 0.29) is 5.91 Å². The van der Waals surface area contributed by atoms with E-state index < -0.39 is 0 Å². The largest absolute Gasteiger partial charge is 0.493 e. The monoisotopic (exact) mass is 302 g/mol. The third-order valence-electron chi connectivity index (χ3n) is 3.07. The van der Waals surface area contributed by atoms with Gasteiger partial charge in [-0.15, -0.1) is 0 Å². The van der Waals surface area contributed by atoms with Crippen LogP contribution in [0.5, 0.6) is 11.5 Å². The molecule has 2 rings (SSSR count). The molecule has 0 bridgehead atoms. The Morgan fingerprint density at radius 3 is 2.55 bits per heavy atom. The van der Waals surface area contributed by atoms with E-state index in [0.29, 0.717) is 22.9 Å². The first-order valence-electron chi connectivity index (χ1n) is 6.64. The molecule has 0 fully saturated rings. The minimum absolute atomic E-state index is 0.293. The second kappa shape index (κ2) is 6.75. The molecule has 116 valence electrons. The molecule has 2 aromatic rings. The smallest absolute Gasteiger partial charge is 0.291 e. The number of methoxy groups -OCH3 is 2. The summed E-state index contributed by atoms with van der Waals surface area (Å²) < 4.78 is 10.4. The van der Waals surface area contributed by atoms with E-state index in [1.54, 1.807) is 39.3 Å². The van der Waals surface area contributed by atoms with Gasteiger partial charge >= 0.3 is 0 Å². The first-order valence-corrected chi connectivity index (χ1v) is 6.64. The quantitative estimate of drug-likeness (QED) is 0.652. The molecule has 0 atom stereocenters. The average molecular weight is 302 g/mol. The van der Waals surface area contributed by atoms with Gasteiger partial charge in [0, 0.05) is 11.3 Å². The topological polar surface area (TPSA) is 88.6 Å². The number of nitrogens with zero attached hydrogens (tertiary/aromatic N) is 2. The average Bonchev–Trinajstić information content (AvgIpc) is 2.98. The van der Waals surface area contributed by atoms with Crippen molar-refractivity contribution in [3.05, 3.63) is 41.2 Å². The molecule has 0 aliphatic rings. The third-order valence-corrected chi connectivity index (χ3v) is 3.07. The summed E-state index contributed by atoms with van der Waals surface area (Å²) in [5, 5.41) is 10.7. The Morgan fingerprint density at radius 2 is 1.95 bits per heavy atom. The van der Waals surface area contributed by atoms with Gasteiger partial charge in [-0.05, 0) is 38.1 Å². The molecule has 0 radical (unpaired) electrons. The number of aromatic amines is 1. The molecule has 7 heteroatoms. The highest BCUT2D eigenvalue weighted by molar-refractivity contribution is 6.00. The van der Waals surface area contributed by atoms with Crippen LogP contribution in [0.15, 0.2) is 29.4 Å². The van der Waals surface area contributed by atoms with E-state index in [4.69, 9.17) is 9.47 Å². The van der Waals surface area contributed by atoms with Crippen molar-refractivity contribution in [2.75, 3.05) is 14.2 Å². The summed E-state index contributed by atoms with van der Waals surface area (Å²) in [6, 6.07) is 7.07. The van der Waals surface area contributed by atoms with Crippen molar-refractivity contribution >= 4 is 11.6 Å². The Morgan fingerprint density at radius 1 is 1.23 bits per heavy atom. The van der Waals surface area contributed by atoms with Crippen LogP contribution in [0.4, 0.5) is 0 Å². The molecule has 7 nitrogen and oxygen atoms in total. The Bertz CT molecular complexity index is 707. The van der Waals surface area contributed by atoms with Gasteiger partial charge in [-0.25, -0.2) is 5.43 Å². The van der Waals surface area contributed by atoms with E-state index in [1.807, 2.05) is 13.0 Å². The molecule has 1 aromatic heterocycles. The van der Waals surface area contributed by atoms with Gasteiger partial charge in [-0.1, -0.05) is 0 Å². The molecule has 0 aliphatic heterocycles. The number of aromatic nitrogens is 2. The predicted octanol–water partition coefficient (Wildman–Crippen LogP) is 1.89. The zero-order chi connectivity index (χ0) is 16.1. The van der Waals surface area contributed by atoms with Gasteiger partial charge in [0.25, 0.3) is 5.91 Å². The Balaban J connectivity index is 2.13. The number of amides is 1. The van der Waals surface area contributed by atoms with Crippen LogP contribution in [0.1, 0.15) is 28.7 Å². The fraction of sp³-hybridized carbons (Fsp3) is 0.267. The van der Waals surface area contributed by atoms with Crippen LogP contribution in [-0.2, 0) is 0 Å². The van der Waals surface area contributed by atoms with Crippen molar-refractivity contribution in [2.45, 2.75) is 13.8 Å². The fourth-order valence-corrected chi connectivity index (χ4v) is 1.85. The summed E-state index contributed by atoms with van der Waals surface area (Å²) in [6.07, 6.45) is 0. The number of benzene rings is 1. The molecule has 2 N–H and O–H groups in total. The minimum Gasteiger partial charge on any atom is -0.493 e. The highest BCUT2D eigenvalue weighted by atomic mass is 16.5. The van der Waals surface area contributed by atoms with Gasteiger partial charge in [0.15, 0.2) is 17.2 Å². The van der Waals surface area contributed by atoms with Gasteiger partial charge in [-0.2, -0.15) is 10.2 Å². The summed E-state index contributed by atoms with van der Waals surface area (Å²) in [6.45, 7) is 3.61. The molecule has 22 heavy (non-hydrogen) atoms. The van der Waals surface area contributed by atoms with Gasteiger partial charge in [-0.3, -0.25) is 9.89 Å². The van der Waals surface area contributed by atoms with E-state index in [9.17, 15) is 4.79 Å². The summed E-state index contributed by atoms with van der Waals surface area (Å²) in [7, 11) is 3.14. The van der Waals surface area contributed by atoms with E-state index >= 15 is 0 Å². The van der Waals surface area contributed by atoms with Crippen LogP contribution in [-0.4, -0.2) is 36.0 Å². The van der Waals surface area contributed by atoms with Crippen molar-refractivity contribution in [3.63, 3.8) is 0 Å². The highest BCUT2D eigenvalue weighted by Gasteiger charge is 2.09. The van der Waals surface area contributed by atoms with Crippen LogP contribution in [0.3, 0.4) is 0 Å². The zero-order valence-electron chi connectivity index (χ0n) is 12.9. The zero-order valence-corrected chi connectivity index (χ0v) is 12.9. The third kappa shape index (κ3) is 3.43. The molecular formula is C15H18N4O3. The van der Waals surface area contributed by atoms with Crippen LogP contribution >= 0.6 is 0 Å². The van der Waals surface area contributed by atoms with E-state index in [2.05, 4.69) is 20.7 Å². The maximum absolute atomic E-state index is 11.9. The Kier molecular flexibility index (Phi) is 4.77. The summed E-state index contributed by atoms with van der Waals surface area (Å²) >= 11 is 0. The van der Waals surface area contributed by atoms with Crippen molar-refractivity contribution in [2.24, 2.45) is 5.10 Å². The number of H-pyrrole nitrogens is 1. The van der Waals surface area contributed by atoms with E-state index in [0.717, 1.165) is 11.3 Å². The molecule has 0 aliphatic carbocycles. The maximum atomic E-state index is 11.9. The van der Waals surface area contributed by atoms with E-state index in [1.165, 1.54) is 0 Å². The normalized spacial score (nSPS) is 11.2. The lowest BCUT2D eigenvalue weighted by molar-refractivity contribution is 0.0950. The Labute approximate surface area is 128 Å².